The highest BCUT2D eigenvalue weighted by Gasteiger charge is 2.32. The van der Waals surface area contributed by atoms with Crippen molar-refractivity contribution in [2.75, 3.05) is 24.5 Å². The second-order valence-corrected chi connectivity index (χ2v) is 11.1. The summed E-state index contributed by atoms with van der Waals surface area (Å²) in [5.41, 5.74) is 0.753. The Morgan fingerprint density at radius 1 is 1.05 bits per heavy atom. The van der Waals surface area contributed by atoms with E-state index in [9.17, 15) is 22.4 Å². The van der Waals surface area contributed by atoms with Gasteiger partial charge >= 0.3 is 0 Å². The quantitative estimate of drug-likeness (QED) is 0.340. The Morgan fingerprint density at radius 2 is 1.72 bits per heavy atom. The molecule has 0 radical (unpaired) electrons. The molecule has 0 spiro atoms. The van der Waals surface area contributed by atoms with E-state index in [1.165, 1.54) is 72.7 Å². The van der Waals surface area contributed by atoms with Crippen LogP contribution in [0.5, 0.6) is 5.75 Å². The van der Waals surface area contributed by atoms with Crippen LogP contribution in [0, 0.1) is 5.82 Å². The molecule has 0 aliphatic rings. The summed E-state index contributed by atoms with van der Waals surface area (Å²) in [7, 11) is -2.78. The minimum absolute atomic E-state index is 0.0359. The van der Waals surface area contributed by atoms with Crippen LogP contribution in [0.3, 0.4) is 0 Å². The molecule has 0 aliphatic heterocycles. The van der Waals surface area contributed by atoms with Crippen molar-refractivity contribution in [1.29, 1.82) is 0 Å². The maximum Gasteiger partial charge on any atom is 0.264 e. The fourth-order valence-corrected chi connectivity index (χ4v) is 5.39. The topological polar surface area (TPSA) is 96.0 Å². The van der Waals surface area contributed by atoms with E-state index in [2.05, 4.69) is 5.32 Å². The molecule has 0 fully saturated rings. The summed E-state index contributed by atoms with van der Waals surface area (Å²) in [4.78, 5) is 27.9. The molecule has 0 saturated carbocycles. The van der Waals surface area contributed by atoms with Crippen LogP contribution in [0.1, 0.15) is 25.8 Å². The predicted molar refractivity (Wildman–Crippen MR) is 149 cm³/mol. The molecule has 2 amide bonds. The Balaban J connectivity index is 2.01. The smallest absolute Gasteiger partial charge is 0.264 e. The first-order chi connectivity index (χ1) is 18.6. The summed E-state index contributed by atoms with van der Waals surface area (Å²) < 4.78 is 47.2. The lowest BCUT2D eigenvalue weighted by Crippen LogP contribution is -2.51. The Bertz CT molecular complexity index is 1390. The number of anilines is 1. The molecule has 3 aromatic carbocycles. The van der Waals surface area contributed by atoms with Gasteiger partial charge in [0.1, 0.15) is 24.2 Å². The van der Waals surface area contributed by atoms with E-state index in [1.54, 1.807) is 19.1 Å². The summed E-state index contributed by atoms with van der Waals surface area (Å²) in [6.45, 7) is 3.24. The van der Waals surface area contributed by atoms with Crippen LogP contribution in [0.25, 0.3) is 0 Å². The average molecular weight is 576 g/mol. The summed E-state index contributed by atoms with van der Waals surface area (Å²) in [6.07, 6.45) is 0.701. The van der Waals surface area contributed by atoms with Crippen molar-refractivity contribution < 1.29 is 27.1 Å². The van der Waals surface area contributed by atoms with Gasteiger partial charge in [0.2, 0.25) is 11.8 Å². The fourth-order valence-electron chi connectivity index (χ4n) is 3.80. The molecule has 3 aromatic rings. The van der Waals surface area contributed by atoms with Crippen molar-refractivity contribution >= 4 is 39.1 Å². The Labute approximate surface area is 233 Å². The third-order valence-corrected chi connectivity index (χ3v) is 8.03. The van der Waals surface area contributed by atoms with Crippen molar-refractivity contribution in [3.63, 3.8) is 0 Å². The number of methoxy groups -OCH3 is 1. The van der Waals surface area contributed by atoms with Crippen molar-refractivity contribution in [3.05, 3.63) is 89.2 Å². The Hall–Kier alpha value is -3.63. The van der Waals surface area contributed by atoms with Crippen molar-refractivity contribution in [1.82, 2.24) is 10.2 Å². The summed E-state index contributed by atoms with van der Waals surface area (Å²) >= 11 is 6.17. The molecule has 0 aromatic heterocycles. The van der Waals surface area contributed by atoms with E-state index < -0.39 is 34.3 Å². The molecule has 1 atom stereocenters. The fraction of sp³-hybridized carbons (Fsp3) is 0.286. The number of nitrogens with one attached hydrogen (secondary N) is 1. The number of amides is 2. The van der Waals surface area contributed by atoms with Gasteiger partial charge in [-0.05, 0) is 73.5 Å². The van der Waals surface area contributed by atoms with Gasteiger partial charge in [-0.1, -0.05) is 36.7 Å². The predicted octanol–water partition coefficient (Wildman–Crippen LogP) is 4.63. The highest BCUT2D eigenvalue weighted by Crippen LogP contribution is 2.28. The molecular formula is C28H31ClFN3O5S. The molecule has 11 heteroatoms. The third-order valence-electron chi connectivity index (χ3n) is 6.01. The first kappa shape index (κ1) is 29.9. The molecule has 0 unspecified atom stereocenters. The van der Waals surface area contributed by atoms with Crippen molar-refractivity contribution in [2.24, 2.45) is 0 Å². The number of benzene rings is 3. The Kier molecular flexibility index (Phi) is 10.3. The molecule has 208 valence electrons. The van der Waals surface area contributed by atoms with Crippen molar-refractivity contribution in [3.8, 4) is 5.75 Å². The Morgan fingerprint density at radius 3 is 2.31 bits per heavy atom. The zero-order valence-electron chi connectivity index (χ0n) is 21.9. The van der Waals surface area contributed by atoms with E-state index in [4.69, 9.17) is 16.3 Å². The van der Waals surface area contributed by atoms with Gasteiger partial charge in [0, 0.05) is 18.1 Å². The van der Waals surface area contributed by atoms with Crippen molar-refractivity contribution in [2.45, 2.75) is 37.8 Å². The molecule has 1 N–H and O–H groups in total. The number of rotatable bonds is 12. The van der Waals surface area contributed by atoms with Crippen LogP contribution < -0.4 is 14.4 Å². The van der Waals surface area contributed by atoms with Gasteiger partial charge in [-0.3, -0.25) is 13.9 Å². The van der Waals surface area contributed by atoms with Crippen LogP contribution in [-0.2, 0) is 26.2 Å². The first-order valence-electron chi connectivity index (χ1n) is 12.3. The van der Waals surface area contributed by atoms with Crippen LogP contribution in [0.2, 0.25) is 5.02 Å². The number of hydrogen-bond acceptors (Lipinski definition) is 5. The average Bonchev–Trinajstić information content (AvgIpc) is 2.93. The number of nitrogens with zero attached hydrogens (tertiary/aromatic N) is 2. The van der Waals surface area contributed by atoms with Gasteiger partial charge in [-0.25, -0.2) is 12.8 Å². The van der Waals surface area contributed by atoms with E-state index in [0.717, 1.165) is 4.31 Å². The molecule has 0 bridgehead atoms. The standard InChI is InChI=1S/C28H31ClFN3O5S/c1-4-16-31-28(35)20(2)32(18-21-8-10-23(30)11-9-21)27(34)19-33(24-7-5-6-22(29)17-24)39(36,37)26-14-12-25(38-3)13-15-26/h5-15,17,20H,4,16,18-19H2,1-3H3,(H,31,35)/t20-/m0/s1. The number of carbonyl (C=O) groups is 2. The monoisotopic (exact) mass is 575 g/mol. The number of ether oxygens (including phenoxy) is 1. The van der Waals surface area contributed by atoms with E-state index in [0.29, 0.717) is 24.3 Å². The maximum atomic E-state index is 13.8. The molecule has 3 rings (SSSR count). The molecule has 8 nitrogen and oxygen atoms in total. The normalized spacial score (nSPS) is 11.9. The minimum Gasteiger partial charge on any atom is -0.497 e. The number of sulfonamides is 1. The number of carbonyl (C=O) groups excluding carboxylic acids is 2. The third kappa shape index (κ3) is 7.70. The van der Waals surface area contributed by atoms with Gasteiger partial charge in [0.05, 0.1) is 17.7 Å². The number of halogens is 2. The van der Waals surface area contributed by atoms with Gasteiger partial charge < -0.3 is 15.0 Å². The van der Waals surface area contributed by atoms with Crippen LogP contribution in [-0.4, -0.2) is 51.4 Å². The second kappa shape index (κ2) is 13.4. The molecule has 0 aliphatic carbocycles. The SMILES string of the molecule is CCCNC(=O)[C@H](C)N(Cc1ccc(F)cc1)C(=O)CN(c1cccc(Cl)c1)S(=O)(=O)c1ccc(OC)cc1. The second-order valence-electron chi connectivity index (χ2n) is 8.78. The molecule has 0 heterocycles. The molecular weight excluding hydrogens is 545 g/mol. The first-order valence-corrected chi connectivity index (χ1v) is 14.1. The van der Waals surface area contributed by atoms with Crippen LogP contribution in [0.15, 0.2) is 77.7 Å². The molecule has 39 heavy (non-hydrogen) atoms. The summed E-state index contributed by atoms with van der Waals surface area (Å²) in [5.74, 6) is -0.991. The zero-order valence-corrected chi connectivity index (χ0v) is 23.5. The van der Waals surface area contributed by atoms with E-state index in [-0.39, 0.29) is 28.1 Å². The van der Waals surface area contributed by atoms with Gasteiger partial charge in [-0.15, -0.1) is 0 Å². The van der Waals surface area contributed by atoms with Crippen LogP contribution in [0.4, 0.5) is 10.1 Å². The van der Waals surface area contributed by atoms with Crippen LogP contribution >= 0.6 is 11.6 Å². The zero-order chi connectivity index (χ0) is 28.6. The minimum atomic E-state index is -4.24. The lowest BCUT2D eigenvalue weighted by atomic mass is 10.1. The van der Waals surface area contributed by atoms with E-state index >= 15 is 0 Å². The highest BCUT2D eigenvalue weighted by atomic mass is 35.5. The number of hydrogen-bond donors (Lipinski definition) is 1. The van der Waals surface area contributed by atoms with E-state index in [1.807, 2.05) is 6.92 Å². The summed E-state index contributed by atoms with van der Waals surface area (Å²) in [5, 5.41) is 3.05. The lowest BCUT2D eigenvalue weighted by Gasteiger charge is -2.32. The maximum absolute atomic E-state index is 13.8. The lowest BCUT2D eigenvalue weighted by molar-refractivity contribution is -0.139. The van der Waals surface area contributed by atoms with Gasteiger partial charge in [0.15, 0.2) is 0 Å². The van der Waals surface area contributed by atoms with Gasteiger partial charge in [-0.2, -0.15) is 0 Å². The highest BCUT2D eigenvalue weighted by molar-refractivity contribution is 7.92. The summed E-state index contributed by atoms with van der Waals surface area (Å²) in [6, 6.07) is 16.5. The molecule has 0 saturated heterocycles. The van der Waals surface area contributed by atoms with Gasteiger partial charge in [0.25, 0.3) is 10.0 Å². The largest absolute Gasteiger partial charge is 0.497 e.